The third kappa shape index (κ3) is 7.55. The molecule has 0 N–H and O–H groups in total. The highest BCUT2D eigenvalue weighted by molar-refractivity contribution is 7.89. The summed E-state index contributed by atoms with van der Waals surface area (Å²) in [5, 5.41) is -0.280. The minimum absolute atomic E-state index is 0.0716. The Balaban J connectivity index is 1.23. The first-order valence-electron chi connectivity index (χ1n) is 15.6. The second kappa shape index (κ2) is 14.0. The van der Waals surface area contributed by atoms with E-state index >= 15 is 0 Å². The Kier molecular flexibility index (Phi) is 9.92. The normalized spacial score (nSPS) is 17.5. The number of aryl methyl sites for hydroxylation is 1. The SMILES string of the molecule is O=C(CCc1cc(-c2ccc(C(F)(F)F)cc2)nc(N2CCN(c3ccccc3F)CC2)n1)[C@@H]1CCCN1S(=O)(=O)c1ccc(F)cc1Cl. The highest BCUT2D eigenvalue weighted by Crippen LogP contribution is 2.33. The van der Waals surface area contributed by atoms with Gasteiger partial charge in [-0.2, -0.15) is 17.5 Å². The van der Waals surface area contributed by atoms with Gasteiger partial charge in [-0.25, -0.2) is 27.2 Å². The molecule has 0 unspecified atom stereocenters. The summed E-state index contributed by atoms with van der Waals surface area (Å²) in [6.07, 6.45) is -3.73. The quantitative estimate of drug-likeness (QED) is 0.177. The van der Waals surface area contributed by atoms with E-state index in [1.54, 1.807) is 24.3 Å². The van der Waals surface area contributed by atoms with Crippen LogP contribution < -0.4 is 9.80 Å². The number of carbonyl (C=O) groups is 1. The summed E-state index contributed by atoms with van der Waals surface area (Å²) in [6, 6.07) is 14.7. The lowest BCUT2D eigenvalue weighted by atomic mass is 10.0. The lowest BCUT2D eigenvalue weighted by molar-refractivity contribution is -0.137. The number of aromatic nitrogens is 2. The topological polar surface area (TPSA) is 86.7 Å². The van der Waals surface area contributed by atoms with E-state index in [0.717, 1.165) is 34.6 Å². The van der Waals surface area contributed by atoms with Crippen LogP contribution in [0.5, 0.6) is 0 Å². The highest BCUT2D eigenvalue weighted by Gasteiger charge is 2.40. The Morgan fingerprint density at radius 1 is 0.878 bits per heavy atom. The van der Waals surface area contributed by atoms with Crippen molar-refractivity contribution < 1.29 is 35.2 Å². The number of halogens is 6. The van der Waals surface area contributed by atoms with Crippen LogP contribution in [0.2, 0.25) is 5.02 Å². The molecule has 8 nitrogen and oxygen atoms in total. The van der Waals surface area contributed by atoms with Crippen molar-refractivity contribution in [1.82, 2.24) is 14.3 Å². The van der Waals surface area contributed by atoms with Gasteiger partial charge in [-0.05, 0) is 67.8 Å². The Bertz CT molecular complexity index is 1950. The van der Waals surface area contributed by atoms with Gasteiger partial charge in [-0.15, -0.1) is 0 Å². The lowest BCUT2D eigenvalue weighted by Gasteiger charge is -2.36. The average molecular weight is 720 g/mol. The van der Waals surface area contributed by atoms with Crippen LogP contribution in [-0.4, -0.2) is 67.2 Å². The van der Waals surface area contributed by atoms with E-state index in [0.29, 0.717) is 67.6 Å². The predicted molar refractivity (Wildman–Crippen MR) is 175 cm³/mol. The molecule has 2 aliphatic rings. The number of sulfonamides is 1. The van der Waals surface area contributed by atoms with E-state index < -0.39 is 33.6 Å². The molecule has 258 valence electrons. The molecule has 0 spiro atoms. The number of carbonyl (C=O) groups excluding carboxylic acids is 1. The van der Waals surface area contributed by atoms with Crippen LogP contribution in [0.15, 0.2) is 77.7 Å². The number of piperazine rings is 1. The van der Waals surface area contributed by atoms with E-state index in [1.807, 2.05) is 9.80 Å². The minimum Gasteiger partial charge on any atom is -0.366 e. The van der Waals surface area contributed by atoms with Crippen molar-refractivity contribution >= 4 is 39.0 Å². The first-order valence-corrected chi connectivity index (χ1v) is 17.4. The Morgan fingerprint density at radius 3 is 2.24 bits per heavy atom. The number of hydrogen-bond donors (Lipinski definition) is 0. The van der Waals surface area contributed by atoms with Gasteiger partial charge < -0.3 is 9.80 Å². The zero-order valence-electron chi connectivity index (χ0n) is 26.0. The molecule has 2 aliphatic heterocycles. The number of hydrogen-bond acceptors (Lipinski definition) is 7. The fourth-order valence-electron chi connectivity index (χ4n) is 6.16. The summed E-state index contributed by atoms with van der Waals surface area (Å²) in [5.74, 6) is -1.05. The second-order valence-electron chi connectivity index (χ2n) is 11.9. The van der Waals surface area contributed by atoms with Gasteiger partial charge >= 0.3 is 6.18 Å². The summed E-state index contributed by atoms with van der Waals surface area (Å²) >= 11 is 6.06. The fraction of sp³-hybridized carbons (Fsp3) is 0.324. The molecule has 1 atom stereocenters. The molecule has 1 aromatic heterocycles. The standard InChI is InChI=1S/C34H31ClF5N5O3S/c35-26-20-24(36)11-14-32(26)49(47,48)45-15-3-6-30(45)31(46)13-12-25-21-28(22-7-9-23(10-8-22)34(38,39)40)42-33(41-25)44-18-16-43(17-19-44)29-5-2-1-4-27(29)37/h1-2,4-5,7-11,14,20-21,30H,3,6,12-13,15-19H2/t30-/m0/s1. The summed E-state index contributed by atoms with van der Waals surface area (Å²) < 4.78 is 95.8. The first-order chi connectivity index (χ1) is 23.3. The number of benzene rings is 3. The average Bonchev–Trinajstić information content (AvgIpc) is 3.59. The van der Waals surface area contributed by atoms with Crippen molar-refractivity contribution in [2.24, 2.45) is 0 Å². The van der Waals surface area contributed by atoms with Crippen LogP contribution in [0.4, 0.5) is 33.6 Å². The molecular formula is C34H31ClF5N5O3S. The predicted octanol–water partition coefficient (Wildman–Crippen LogP) is 6.78. The highest BCUT2D eigenvalue weighted by atomic mass is 35.5. The largest absolute Gasteiger partial charge is 0.416 e. The van der Waals surface area contributed by atoms with Crippen molar-refractivity contribution in [3.63, 3.8) is 0 Å². The van der Waals surface area contributed by atoms with E-state index in [-0.39, 0.29) is 40.9 Å². The van der Waals surface area contributed by atoms with Gasteiger partial charge in [0.1, 0.15) is 16.5 Å². The lowest BCUT2D eigenvalue weighted by Crippen LogP contribution is -2.47. The van der Waals surface area contributed by atoms with Crippen LogP contribution in [0.3, 0.4) is 0 Å². The Morgan fingerprint density at radius 2 is 1.57 bits per heavy atom. The third-order valence-corrected chi connectivity index (χ3v) is 11.1. The molecule has 6 rings (SSSR count). The van der Waals surface area contributed by atoms with E-state index in [1.165, 1.54) is 18.2 Å². The summed E-state index contributed by atoms with van der Waals surface area (Å²) in [7, 11) is -4.19. The van der Waals surface area contributed by atoms with E-state index in [2.05, 4.69) is 4.98 Å². The fourth-order valence-corrected chi connectivity index (χ4v) is 8.35. The third-order valence-electron chi connectivity index (χ3n) is 8.71. The van der Waals surface area contributed by atoms with Crippen molar-refractivity contribution in [3.8, 4) is 11.3 Å². The zero-order valence-corrected chi connectivity index (χ0v) is 27.6. The van der Waals surface area contributed by atoms with Gasteiger partial charge in [0.15, 0.2) is 5.78 Å². The van der Waals surface area contributed by atoms with Crippen LogP contribution in [0, 0.1) is 11.6 Å². The molecule has 0 aliphatic carbocycles. The van der Waals surface area contributed by atoms with E-state index in [4.69, 9.17) is 16.6 Å². The minimum atomic E-state index is -4.51. The zero-order chi connectivity index (χ0) is 34.9. The van der Waals surface area contributed by atoms with E-state index in [9.17, 15) is 35.2 Å². The maximum atomic E-state index is 14.4. The molecule has 0 amide bonds. The number of para-hydroxylation sites is 1. The second-order valence-corrected chi connectivity index (χ2v) is 14.1. The number of ketones is 1. The maximum absolute atomic E-state index is 14.4. The van der Waals surface area contributed by atoms with Crippen LogP contribution in [-0.2, 0) is 27.4 Å². The van der Waals surface area contributed by atoms with Crippen molar-refractivity contribution in [2.75, 3.05) is 42.5 Å². The molecule has 0 radical (unpaired) electrons. The monoisotopic (exact) mass is 719 g/mol. The molecular weight excluding hydrogens is 689 g/mol. The molecule has 49 heavy (non-hydrogen) atoms. The number of Topliss-reactive ketones (excluding diaryl/α,β-unsaturated/α-hetero) is 1. The summed E-state index contributed by atoms with van der Waals surface area (Å²) in [6.45, 7) is 1.90. The van der Waals surface area contributed by atoms with Gasteiger partial charge in [0.25, 0.3) is 0 Å². The molecule has 3 aromatic carbocycles. The van der Waals surface area contributed by atoms with Crippen LogP contribution in [0.1, 0.15) is 30.5 Å². The van der Waals surface area contributed by atoms with Crippen LogP contribution in [0.25, 0.3) is 11.3 Å². The summed E-state index contributed by atoms with van der Waals surface area (Å²) in [4.78, 5) is 26.4. The van der Waals surface area contributed by atoms with Gasteiger partial charge in [0, 0.05) is 50.4 Å². The maximum Gasteiger partial charge on any atom is 0.416 e. The van der Waals surface area contributed by atoms with Crippen molar-refractivity contribution in [2.45, 2.75) is 42.8 Å². The van der Waals surface area contributed by atoms with Gasteiger partial charge in [0.2, 0.25) is 16.0 Å². The molecule has 3 heterocycles. The number of nitrogens with zero attached hydrogens (tertiary/aromatic N) is 5. The molecule has 0 saturated carbocycles. The number of alkyl halides is 3. The smallest absolute Gasteiger partial charge is 0.366 e. The molecule has 2 saturated heterocycles. The summed E-state index contributed by atoms with van der Waals surface area (Å²) in [5.41, 5.74) is 0.884. The molecule has 4 aromatic rings. The molecule has 0 bridgehead atoms. The van der Waals surface area contributed by atoms with Crippen LogP contribution >= 0.6 is 11.6 Å². The first kappa shape index (κ1) is 34.7. The van der Waals surface area contributed by atoms with Gasteiger partial charge in [0.05, 0.1) is 28.0 Å². The number of rotatable bonds is 9. The van der Waals surface area contributed by atoms with Gasteiger partial charge in [-0.1, -0.05) is 35.9 Å². The molecule has 15 heteroatoms. The molecule has 2 fully saturated rings. The number of anilines is 2. The van der Waals surface area contributed by atoms with Gasteiger partial charge in [-0.3, -0.25) is 4.79 Å². The van der Waals surface area contributed by atoms with Crippen molar-refractivity contribution in [3.05, 3.63) is 101 Å². The Labute approximate surface area is 285 Å². The Hall–Kier alpha value is -4.14. The van der Waals surface area contributed by atoms with Crippen molar-refractivity contribution in [1.29, 1.82) is 0 Å².